The van der Waals surface area contributed by atoms with Gasteiger partial charge >= 0.3 is 6.18 Å². The Labute approximate surface area is 161 Å². The molecule has 0 radical (unpaired) electrons. The van der Waals surface area contributed by atoms with E-state index < -0.39 is 22.8 Å². The van der Waals surface area contributed by atoms with Gasteiger partial charge in [-0.3, -0.25) is 0 Å². The quantitative estimate of drug-likeness (QED) is 0.362. The predicted octanol–water partition coefficient (Wildman–Crippen LogP) is 6.88. The first kappa shape index (κ1) is 19.4. The van der Waals surface area contributed by atoms with Gasteiger partial charge in [-0.25, -0.2) is 0 Å². The summed E-state index contributed by atoms with van der Waals surface area (Å²) < 4.78 is 41.9. The summed E-state index contributed by atoms with van der Waals surface area (Å²) in [6.45, 7) is 0.420. The zero-order chi connectivity index (χ0) is 18.8. The Hall–Kier alpha value is -1.39. The Morgan fingerprint density at radius 2 is 1.50 bits per heavy atom. The highest BCUT2D eigenvalue weighted by Gasteiger charge is 2.64. The van der Waals surface area contributed by atoms with Gasteiger partial charge in [0.25, 0.3) is 0 Å². The van der Waals surface area contributed by atoms with Gasteiger partial charge in [0.2, 0.25) is 0 Å². The summed E-state index contributed by atoms with van der Waals surface area (Å²) in [6.07, 6.45) is -4.02. The van der Waals surface area contributed by atoms with Crippen LogP contribution in [0.2, 0.25) is 0 Å². The smallest absolute Gasteiger partial charge is 0.389 e. The van der Waals surface area contributed by atoms with E-state index in [1.807, 2.05) is 54.6 Å². The summed E-state index contributed by atoms with van der Waals surface area (Å²) >= 11 is 12.0. The number of ether oxygens (including phenoxy) is 1. The van der Waals surface area contributed by atoms with Gasteiger partial charge in [-0.05, 0) is 42.0 Å². The fourth-order valence-electron chi connectivity index (χ4n) is 3.25. The largest absolute Gasteiger partial charge is 0.494 e. The molecule has 2 aromatic carbocycles. The molecule has 0 spiro atoms. The van der Waals surface area contributed by atoms with E-state index in [4.69, 9.17) is 27.9 Å². The second-order valence-corrected chi connectivity index (χ2v) is 8.03. The van der Waals surface area contributed by atoms with Crippen LogP contribution in [0, 0.1) is 11.8 Å². The summed E-state index contributed by atoms with van der Waals surface area (Å²) in [5.74, 6) is -0.303. The maximum Gasteiger partial charge on any atom is 0.389 e. The molecule has 26 heavy (non-hydrogen) atoms. The van der Waals surface area contributed by atoms with Gasteiger partial charge in [-0.1, -0.05) is 42.5 Å². The molecule has 6 heteroatoms. The number of alkyl halides is 5. The Morgan fingerprint density at radius 1 is 0.885 bits per heavy atom. The minimum atomic E-state index is -4.23. The van der Waals surface area contributed by atoms with E-state index in [1.165, 1.54) is 0 Å². The van der Waals surface area contributed by atoms with Crippen molar-refractivity contribution >= 4 is 23.2 Å². The Balaban J connectivity index is 1.43. The SMILES string of the molecule is FC(F)(F)CC1C(CCCOc2ccc(-c3ccccc3)cc2)C1(Cl)Cl. The second kappa shape index (κ2) is 7.69. The maximum absolute atomic E-state index is 12.5. The monoisotopic (exact) mass is 402 g/mol. The molecular weight excluding hydrogens is 384 g/mol. The number of benzene rings is 2. The highest BCUT2D eigenvalue weighted by molar-refractivity contribution is 6.51. The molecule has 2 unspecified atom stereocenters. The molecule has 0 aliphatic heterocycles. The van der Waals surface area contributed by atoms with E-state index in [2.05, 4.69) is 0 Å². The van der Waals surface area contributed by atoms with Crippen LogP contribution < -0.4 is 4.74 Å². The third-order valence-corrected chi connectivity index (χ3v) is 5.83. The third-order valence-electron chi connectivity index (χ3n) is 4.71. The summed E-state index contributed by atoms with van der Waals surface area (Å²) in [6, 6.07) is 17.7. The van der Waals surface area contributed by atoms with Crippen molar-refractivity contribution in [3.63, 3.8) is 0 Å². The standard InChI is InChI=1S/C20H19Cl2F3O/c21-20(22)17(18(20)13-19(23,24)25)7-4-12-26-16-10-8-15(9-11-16)14-5-2-1-3-6-14/h1-3,5-6,8-11,17-18H,4,7,12-13H2. The number of rotatable bonds is 7. The van der Waals surface area contributed by atoms with Gasteiger partial charge in [0.1, 0.15) is 10.1 Å². The minimum absolute atomic E-state index is 0.323. The third kappa shape index (κ3) is 4.86. The number of halogens is 5. The molecule has 0 N–H and O–H groups in total. The van der Waals surface area contributed by atoms with Crippen molar-refractivity contribution in [3.05, 3.63) is 54.6 Å². The van der Waals surface area contributed by atoms with E-state index in [0.29, 0.717) is 19.4 Å². The van der Waals surface area contributed by atoms with Crippen LogP contribution in [0.3, 0.4) is 0 Å². The molecule has 3 rings (SSSR count). The van der Waals surface area contributed by atoms with E-state index >= 15 is 0 Å². The van der Waals surface area contributed by atoms with Gasteiger partial charge in [-0.2, -0.15) is 13.2 Å². The number of hydrogen-bond donors (Lipinski definition) is 0. The topological polar surface area (TPSA) is 9.23 Å². The van der Waals surface area contributed by atoms with E-state index in [0.717, 1.165) is 16.9 Å². The lowest BCUT2D eigenvalue weighted by molar-refractivity contribution is -0.139. The molecular formula is C20H19Cl2F3O. The van der Waals surface area contributed by atoms with Crippen molar-refractivity contribution < 1.29 is 17.9 Å². The molecule has 0 saturated heterocycles. The van der Waals surface area contributed by atoms with E-state index in [9.17, 15) is 13.2 Å². The molecule has 0 amide bonds. The van der Waals surface area contributed by atoms with E-state index in [-0.39, 0.29) is 5.92 Å². The van der Waals surface area contributed by atoms with Crippen molar-refractivity contribution in [1.29, 1.82) is 0 Å². The summed E-state index contributed by atoms with van der Waals surface area (Å²) in [5.41, 5.74) is 2.23. The zero-order valence-corrected chi connectivity index (χ0v) is 15.5. The lowest BCUT2D eigenvalue weighted by atomic mass is 10.1. The van der Waals surface area contributed by atoms with Gasteiger partial charge in [0, 0.05) is 12.3 Å². The average Bonchev–Trinajstić information content (AvgIpc) is 3.10. The maximum atomic E-state index is 12.5. The van der Waals surface area contributed by atoms with Crippen LogP contribution in [0.25, 0.3) is 11.1 Å². The molecule has 1 fully saturated rings. The van der Waals surface area contributed by atoms with Crippen LogP contribution in [0.5, 0.6) is 5.75 Å². The van der Waals surface area contributed by atoms with Crippen LogP contribution in [0.1, 0.15) is 19.3 Å². The molecule has 2 aromatic rings. The fourth-order valence-corrected chi connectivity index (χ4v) is 4.10. The van der Waals surface area contributed by atoms with Crippen LogP contribution >= 0.6 is 23.2 Å². The molecule has 140 valence electrons. The van der Waals surface area contributed by atoms with Gasteiger partial charge in [-0.15, -0.1) is 23.2 Å². The first-order valence-electron chi connectivity index (χ1n) is 8.50. The lowest BCUT2D eigenvalue weighted by Crippen LogP contribution is -2.10. The van der Waals surface area contributed by atoms with Gasteiger partial charge in [0.15, 0.2) is 0 Å². The molecule has 1 nitrogen and oxygen atoms in total. The number of hydrogen-bond acceptors (Lipinski definition) is 1. The van der Waals surface area contributed by atoms with Crippen LogP contribution in [-0.2, 0) is 0 Å². The van der Waals surface area contributed by atoms with E-state index in [1.54, 1.807) is 0 Å². The molecule has 1 aliphatic carbocycles. The van der Waals surface area contributed by atoms with Crippen molar-refractivity contribution in [1.82, 2.24) is 0 Å². The van der Waals surface area contributed by atoms with Crippen molar-refractivity contribution in [2.24, 2.45) is 11.8 Å². The normalized spacial score (nSPS) is 21.4. The summed E-state index contributed by atoms with van der Waals surface area (Å²) in [5, 5.41) is 0. The molecule has 0 heterocycles. The Kier molecular flexibility index (Phi) is 5.73. The molecule has 2 atom stereocenters. The zero-order valence-electron chi connectivity index (χ0n) is 14.0. The average molecular weight is 403 g/mol. The predicted molar refractivity (Wildman–Crippen MR) is 98.7 cm³/mol. The highest BCUT2D eigenvalue weighted by atomic mass is 35.5. The second-order valence-electron chi connectivity index (χ2n) is 6.59. The first-order chi connectivity index (χ1) is 12.3. The van der Waals surface area contributed by atoms with Crippen LogP contribution in [0.15, 0.2) is 54.6 Å². The fraction of sp³-hybridized carbons (Fsp3) is 0.400. The molecule has 1 saturated carbocycles. The highest BCUT2D eigenvalue weighted by Crippen LogP contribution is 2.64. The minimum Gasteiger partial charge on any atom is -0.494 e. The lowest BCUT2D eigenvalue weighted by Gasteiger charge is -2.08. The van der Waals surface area contributed by atoms with Crippen molar-refractivity contribution in [2.75, 3.05) is 6.61 Å². The summed E-state index contributed by atoms with van der Waals surface area (Å²) in [4.78, 5) is 0. The Morgan fingerprint density at radius 3 is 2.12 bits per heavy atom. The Bertz CT molecular complexity index is 714. The van der Waals surface area contributed by atoms with Crippen LogP contribution in [0.4, 0.5) is 13.2 Å². The molecule has 0 aromatic heterocycles. The summed E-state index contributed by atoms with van der Waals surface area (Å²) in [7, 11) is 0. The first-order valence-corrected chi connectivity index (χ1v) is 9.26. The van der Waals surface area contributed by atoms with Gasteiger partial charge in [0.05, 0.1) is 6.61 Å². The van der Waals surface area contributed by atoms with Crippen LogP contribution in [-0.4, -0.2) is 17.1 Å². The van der Waals surface area contributed by atoms with Crippen molar-refractivity contribution in [3.8, 4) is 16.9 Å². The molecule has 1 aliphatic rings. The molecule has 0 bridgehead atoms. The van der Waals surface area contributed by atoms with Crippen molar-refractivity contribution in [2.45, 2.75) is 29.8 Å². The van der Waals surface area contributed by atoms with Gasteiger partial charge < -0.3 is 4.74 Å².